The summed E-state index contributed by atoms with van der Waals surface area (Å²) in [5.41, 5.74) is 37.7. The molecule has 18 aliphatic rings. The zero-order chi connectivity index (χ0) is 74.0. The van der Waals surface area contributed by atoms with Gasteiger partial charge in [0.25, 0.3) is 0 Å². The van der Waals surface area contributed by atoms with Crippen molar-refractivity contribution in [2.45, 2.75) is 0 Å². The average molecular weight is 1490 g/mol. The topological polar surface area (TPSA) is 45.8 Å². The van der Waals surface area contributed by atoms with E-state index < -0.39 is 19.2 Å². The van der Waals surface area contributed by atoms with E-state index in [1.165, 1.54) is 151 Å². The molecule has 18 aliphatic heterocycles. The first-order valence-corrected chi connectivity index (χ1v) is 50.0. The molecule has 0 atom stereocenters. The predicted octanol–water partition coefficient (Wildman–Crippen LogP) is 10.5. The van der Waals surface area contributed by atoms with Crippen molar-refractivity contribution in [1.82, 2.24) is 0 Å². The minimum absolute atomic E-state index is 0.181. The standard InChI is InChI=1S/3C30H23B5N2P/c1-3-11-21(12-4-1)36-38(33-31-34(38)35(33)38)28-20-19-24-23-15-7-8-16-25(23)32-26-17-9-10-18-27(26)37(30(28)29(24)32)22-13-5-2-6-14-22;1-2-10-21(11-3-1)36-38(33-31-34(38)35(33)38)23-13-8-12-22(20-23)37-28-18-7-6-17-27(28)32-26-16-5-4-14-24(26)25-15-9-19-29(37)30(25)32;1-2-11-21(12-3-1)36-38(33-31-34(38)35(33)38)29-20-9-8-18-27(29)37-26-17-7-6-16-25(26)32-24-15-5-4-13-22(24)23-14-10-19-28(37)30(23)32/h3*1-20,36H,31H2/q3*-1. The van der Waals surface area contributed by atoms with Crippen molar-refractivity contribution in [1.29, 1.82) is 0 Å². The molecule has 0 unspecified atom stereocenters. The second-order valence-corrected chi connectivity index (χ2v) is 53.6. The van der Waals surface area contributed by atoms with Crippen LogP contribution in [0.15, 0.2) is 364 Å². The van der Waals surface area contributed by atoms with Gasteiger partial charge in [0.2, 0.25) is 0 Å². The molecule has 12 fully saturated rings. The fourth-order valence-corrected chi connectivity index (χ4v) is 60.1. The molecule has 0 saturated carbocycles. The van der Waals surface area contributed by atoms with Crippen molar-refractivity contribution in [3.8, 4) is 33.4 Å². The van der Waals surface area contributed by atoms with E-state index in [0.717, 1.165) is 55.9 Å². The second kappa shape index (κ2) is 21.7. The molecule has 18 heterocycles. The fourth-order valence-electron chi connectivity index (χ4n) is 29.2. The third-order valence-corrected chi connectivity index (χ3v) is 59.4. The van der Waals surface area contributed by atoms with Crippen LogP contribution in [0.1, 0.15) is 0 Å². The van der Waals surface area contributed by atoms with E-state index in [9.17, 15) is 0 Å². The van der Waals surface area contributed by atoms with Gasteiger partial charge >= 0.3 is 677 Å². The summed E-state index contributed by atoms with van der Waals surface area (Å²) >= 11 is 0. The average Bonchev–Trinajstić information content (AvgIpc) is 1.37. The van der Waals surface area contributed by atoms with Gasteiger partial charge in [0, 0.05) is 0 Å². The molecule has 15 aromatic carbocycles. The summed E-state index contributed by atoms with van der Waals surface area (Å²) < 4.78 is 0. The molecule has 0 amide bonds. The molecule has 12 saturated heterocycles. The number of nitrogens with zero attached hydrogens (tertiary/aromatic N) is 3. The van der Waals surface area contributed by atoms with Gasteiger partial charge in [-0.3, -0.25) is 0 Å². The van der Waals surface area contributed by atoms with Crippen molar-refractivity contribution in [3.05, 3.63) is 364 Å². The zero-order valence-corrected chi connectivity index (χ0v) is 66.4. The maximum atomic E-state index is 4.35. The SMILES string of the molecule is [BH2-]1B2B3B1P23(Nc1ccccc1)c1ccc2c3c1N(c1ccccc1)c1ccccc1B3c1ccccc1-2.[BH2-]1B2B3B1P23(Nc1ccccc1)c1cccc(N2c3ccccc3B3c4ccccc4-c4cccc2c43)c1.[BH2-]1B2B3B1P23(Nc1ccccc1)c1ccccc1N1c2ccccc2B2c3ccccc3-c3cccc1c32. The molecule has 15 aromatic rings. The molecular weight excluding hydrogens is 1420 g/mol. The van der Waals surface area contributed by atoms with Crippen LogP contribution in [-0.2, 0) is 0 Å². The summed E-state index contributed by atoms with van der Waals surface area (Å²) in [4.78, 5) is 7.82. The Labute approximate surface area is 672 Å². The summed E-state index contributed by atoms with van der Waals surface area (Å²) in [5.74, 6) is 0. The van der Waals surface area contributed by atoms with Gasteiger partial charge < -0.3 is 0 Å². The Morgan fingerprint density at radius 2 is 0.561 bits per heavy atom. The molecule has 522 valence electrons. The third kappa shape index (κ3) is 7.25. The van der Waals surface area contributed by atoms with E-state index >= 15 is 0 Å². The number of rotatable bonds is 12. The van der Waals surface area contributed by atoms with E-state index in [4.69, 9.17) is 0 Å². The summed E-state index contributed by atoms with van der Waals surface area (Å²) in [6.07, 6.45) is 2.63. The number of hydrogen-bond acceptors (Lipinski definition) is 6. The van der Waals surface area contributed by atoms with Crippen LogP contribution in [0.4, 0.5) is 68.2 Å². The van der Waals surface area contributed by atoms with Gasteiger partial charge in [-0.15, -0.1) is 0 Å². The van der Waals surface area contributed by atoms with Crippen LogP contribution in [0.25, 0.3) is 33.4 Å². The Morgan fingerprint density at radius 3 is 1.04 bits per heavy atom. The van der Waals surface area contributed by atoms with E-state index in [1.807, 2.05) is 0 Å². The number of benzene rings is 15. The predicted molar refractivity (Wildman–Crippen MR) is 521 cm³/mol. The van der Waals surface area contributed by atoms with Gasteiger partial charge in [-0.05, 0) is 0 Å². The maximum absolute atomic E-state index is 4.35. The first-order chi connectivity index (χ1) is 56.5. The molecular formula is C90H69B15N6P3-3. The number of para-hydroxylation sites is 8. The van der Waals surface area contributed by atoms with Gasteiger partial charge in [-0.25, -0.2) is 0 Å². The molecule has 6 bridgehead atoms. The van der Waals surface area contributed by atoms with E-state index in [2.05, 4.69) is 394 Å². The molecule has 24 heteroatoms. The summed E-state index contributed by atoms with van der Waals surface area (Å²) in [7, 11) is 0.619. The number of anilines is 12. The summed E-state index contributed by atoms with van der Waals surface area (Å²) in [6, 6.07) is 137. The Balaban J connectivity index is 0.0000000902. The van der Waals surface area contributed by atoms with Crippen LogP contribution < -0.4 is 95.0 Å². The van der Waals surface area contributed by atoms with Crippen LogP contribution in [0.3, 0.4) is 0 Å². The van der Waals surface area contributed by atoms with Gasteiger partial charge in [-0.1, -0.05) is 0 Å². The van der Waals surface area contributed by atoms with Crippen molar-refractivity contribution in [3.63, 3.8) is 0 Å². The number of fused-ring (bicyclic) bond motifs is 15. The Hall–Kier alpha value is -10.6. The molecule has 0 radical (unpaired) electrons. The molecule has 114 heavy (non-hydrogen) atoms. The van der Waals surface area contributed by atoms with Gasteiger partial charge in [0.1, 0.15) is 0 Å². The zero-order valence-electron chi connectivity index (χ0n) is 63.8. The van der Waals surface area contributed by atoms with E-state index in [0.29, 0.717) is 20.1 Å². The van der Waals surface area contributed by atoms with Crippen molar-refractivity contribution in [2.24, 2.45) is 0 Å². The van der Waals surface area contributed by atoms with Crippen LogP contribution in [0.5, 0.6) is 0 Å². The van der Waals surface area contributed by atoms with E-state index in [1.54, 1.807) is 15.9 Å². The quantitative estimate of drug-likeness (QED) is 0.0837. The first kappa shape index (κ1) is 63.7. The molecule has 0 aromatic heterocycles. The number of hydrogen-bond donors (Lipinski definition) is 3. The summed E-state index contributed by atoms with van der Waals surface area (Å²) in [5, 5.41) is 17.8. The molecule has 0 aliphatic carbocycles. The molecule has 6 nitrogen and oxygen atoms in total. The summed E-state index contributed by atoms with van der Waals surface area (Å²) in [6.45, 7) is 0.909. The van der Waals surface area contributed by atoms with Crippen LogP contribution in [0.2, 0.25) is 0 Å². The second-order valence-electron chi connectivity index (χ2n) is 36.8. The molecule has 3 N–H and O–H groups in total. The first-order valence-electron chi connectivity index (χ1n) is 42.6. The minimum atomic E-state index is -2.16. The molecule has 0 spiro atoms. The Morgan fingerprint density at radius 1 is 0.228 bits per heavy atom. The monoisotopic (exact) mass is 1490 g/mol. The Bertz CT molecular complexity index is 6750. The molecule has 33 rings (SSSR count). The normalized spacial score (nSPS) is 19.8. The third-order valence-electron chi connectivity index (χ3n) is 34.1. The van der Waals surface area contributed by atoms with Crippen LogP contribution >= 0.6 is 19.2 Å². The van der Waals surface area contributed by atoms with Gasteiger partial charge in [-0.2, -0.15) is 0 Å². The van der Waals surface area contributed by atoms with Crippen molar-refractivity contribution in [2.75, 3.05) is 30.0 Å². The van der Waals surface area contributed by atoms with Crippen molar-refractivity contribution < 1.29 is 0 Å². The Kier molecular flexibility index (Phi) is 12.1. The van der Waals surface area contributed by atoms with E-state index in [-0.39, 0.29) is 21.2 Å². The van der Waals surface area contributed by atoms with Gasteiger partial charge in [0.05, 0.1) is 0 Å². The number of nitrogens with one attached hydrogen (secondary N) is 3. The van der Waals surface area contributed by atoms with Crippen LogP contribution in [0, 0.1) is 0 Å². The van der Waals surface area contributed by atoms with Gasteiger partial charge in [0.15, 0.2) is 0 Å². The van der Waals surface area contributed by atoms with Crippen LogP contribution in [-0.4, -0.2) is 97.2 Å². The fraction of sp³-hybridized carbons (Fsp3) is 0. The van der Waals surface area contributed by atoms with Crippen molar-refractivity contribution >= 4 is 250 Å².